The van der Waals surface area contributed by atoms with Gasteiger partial charge in [-0.25, -0.2) is 4.79 Å². The summed E-state index contributed by atoms with van der Waals surface area (Å²) in [5, 5.41) is 22.4. The van der Waals surface area contributed by atoms with E-state index in [1.165, 1.54) is 11.8 Å². The molecule has 3 N–H and O–H groups in total. The van der Waals surface area contributed by atoms with Crippen molar-refractivity contribution in [2.75, 3.05) is 6.61 Å². The average molecular weight is 345 g/mol. The molecule has 5 nitrogen and oxygen atoms in total. The van der Waals surface area contributed by atoms with Crippen molar-refractivity contribution in [1.82, 2.24) is 5.32 Å². The molecule has 126 valence electrons. The van der Waals surface area contributed by atoms with Crippen molar-refractivity contribution in [1.29, 1.82) is 0 Å². The van der Waals surface area contributed by atoms with Crippen LogP contribution < -0.4 is 5.32 Å². The Morgan fingerprint density at radius 1 is 1.17 bits per heavy atom. The van der Waals surface area contributed by atoms with Gasteiger partial charge in [-0.05, 0) is 11.1 Å². The van der Waals surface area contributed by atoms with Crippen molar-refractivity contribution in [3.8, 4) is 0 Å². The van der Waals surface area contributed by atoms with Crippen molar-refractivity contribution in [2.24, 2.45) is 0 Å². The molecule has 2 aromatic rings. The largest absolute Gasteiger partial charge is 0.445 e. The van der Waals surface area contributed by atoms with Gasteiger partial charge in [0.05, 0.1) is 18.0 Å². The number of hydrogen-bond donors (Lipinski definition) is 3. The van der Waals surface area contributed by atoms with Crippen LogP contribution in [0.5, 0.6) is 0 Å². The third-order valence-electron chi connectivity index (χ3n) is 3.93. The Kier molecular flexibility index (Phi) is 5.08. The lowest BCUT2D eigenvalue weighted by molar-refractivity contribution is 0.117. The minimum Gasteiger partial charge on any atom is -0.445 e. The Balaban J connectivity index is 1.56. The number of carbonyl (C=O) groups is 1. The Morgan fingerprint density at radius 3 is 2.42 bits per heavy atom. The van der Waals surface area contributed by atoms with Crippen molar-refractivity contribution < 1.29 is 19.7 Å². The lowest BCUT2D eigenvalue weighted by Crippen LogP contribution is -2.43. The van der Waals surface area contributed by atoms with Gasteiger partial charge < -0.3 is 20.3 Å². The zero-order valence-corrected chi connectivity index (χ0v) is 13.8. The van der Waals surface area contributed by atoms with Crippen LogP contribution in [0.3, 0.4) is 0 Å². The molecule has 3 atom stereocenters. The van der Waals surface area contributed by atoms with Crippen LogP contribution in [0, 0.1) is 0 Å². The number of carbonyl (C=O) groups excluding carboxylic acids is 1. The van der Waals surface area contributed by atoms with E-state index in [4.69, 9.17) is 4.74 Å². The van der Waals surface area contributed by atoms with Gasteiger partial charge in [-0.15, -0.1) is 11.8 Å². The highest BCUT2D eigenvalue weighted by atomic mass is 32.2. The fourth-order valence-corrected chi connectivity index (χ4v) is 3.69. The molecule has 6 heteroatoms. The van der Waals surface area contributed by atoms with E-state index in [2.05, 4.69) is 5.32 Å². The van der Waals surface area contributed by atoms with Gasteiger partial charge in [-0.2, -0.15) is 0 Å². The molecule has 0 radical (unpaired) electrons. The molecule has 0 aliphatic carbocycles. The SMILES string of the molecule is O=C(N[C@@]1(CO)SC1[C@@H](O)c1ccccc1)OCc1ccccc1. The molecule has 2 aromatic carbocycles. The van der Waals surface area contributed by atoms with Gasteiger partial charge in [0.15, 0.2) is 0 Å². The van der Waals surface area contributed by atoms with Crippen LogP contribution in [-0.4, -0.2) is 33.0 Å². The first-order chi connectivity index (χ1) is 11.6. The minimum atomic E-state index is -0.900. The fourth-order valence-electron chi connectivity index (χ4n) is 2.54. The molecule has 1 saturated heterocycles. The smallest absolute Gasteiger partial charge is 0.408 e. The molecule has 0 aromatic heterocycles. The van der Waals surface area contributed by atoms with Crippen LogP contribution in [0.4, 0.5) is 4.79 Å². The number of thioether (sulfide) groups is 1. The van der Waals surface area contributed by atoms with E-state index < -0.39 is 17.1 Å². The molecule has 1 aliphatic heterocycles. The van der Waals surface area contributed by atoms with Gasteiger partial charge in [0, 0.05) is 0 Å². The third kappa shape index (κ3) is 3.72. The standard InChI is InChI=1S/C18H19NO4S/c20-12-18(16(24-18)15(21)14-9-5-2-6-10-14)19-17(22)23-11-13-7-3-1-4-8-13/h1-10,15-16,20-21H,11-12H2,(H,19,22)/t15-,16?,18-/m0/s1. The predicted molar refractivity (Wildman–Crippen MR) is 92.4 cm³/mol. The second-order valence-corrected chi connectivity index (χ2v) is 7.10. The summed E-state index contributed by atoms with van der Waals surface area (Å²) in [5.41, 5.74) is 1.64. The summed E-state index contributed by atoms with van der Waals surface area (Å²) >= 11 is 1.33. The average Bonchev–Trinajstić information content (AvgIpc) is 3.35. The number of benzene rings is 2. The van der Waals surface area contributed by atoms with Crippen LogP contribution >= 0.6 is 11.8 Å². The number of ether oxygens (including phenoxy) is 1. The van der Waals surface area contributed by atoms with E-state index in [0.717, 1.165) is 11.1 Å². The summed E-state index contributed by atoms with van der Waals surface area (Å²) in [7, 11) is 0. The van der Waals surface area contributed by atoms with Gasteiger partial charge >= 0.3 is 6.09 Å². The first-order valence-corrected chi connectivity index (χ1v) is 8.53. The summed E-state index contributed by atoms with van der Waals surface area (Å²) in [5.74, 6) is 0. The van der Waals surface area contributed by atoms with Crippen LogP contribution in [0.25, 0.3) is 0 Å². The number of aliphatic hydroxyl groups excluding tert-OH is 2. The molecule has 0 saturated carbocycles. The highest BCUT2D eigenvalue weighted by Crippen LogP contribution is 2.56. The van der Waals surface area contributed by atoms with Crippen LogP contribution in [0.15, 0.2) is 60.7 Å². The van der Waals surface area contributed by atoms with Crippen molar-refractivity contribution in [3.05, 3.63) is 71.8 Å². The highest BCUT2D eigenvalue weighted by Gasteiger charge is 2.60. The molecule has 1 heterocycles. The van der Waals surface area contributed by atoms with Crippen LogP contribution in [-0.2, 0) is 11.3 Å². The summed E-state index contributed by atoms with van der Waals surface area (Å²) < 4.78 is 5.18. The molecule has 24 heavy (non-hydrogen) atoms. The molecule has 1 aliphatic rings. The van der Waals surface area contributed by atoms with Crippen molar-refractivity contribution in [3.63, 3.8) is 0 Å². The van der Waals surface area contributed by atoms with Gasteiger partial charge in [-0.1, -0.05) is 60.7 Å². The second-order valence-electron chi connectivity index (χ2n) is 5.63. The molecule has 3 rings (SSSR count). The number of alkyl carbamates (subject to hydrolysis) is 1. The zero-order valence-electron chi connectivity index (χ0n) is 13.0. The lowest BCUT2D eigenvalue weighted by Gasteiger charge is -2.17. The normalized spacial score (nSPS) is 23.3. The zero-order chi connectivity index (χ0) is 17.0. The van der Waals surface area contributed by atoms with Crippen molar-refractivity contribution >= 4 is 17.9 Å². The van der Waals surface area contributed by atoms with E-state index in [1.54, 1.807) is 0 Å². The van der Waals surface area contributed by atoms with Crippen LogP contribution in [0.2, 0.25) is 0 Å². The van der Waals surface area contributed by atoms with Gasteiger partial charge in [-0.3, -0.25) is 0 Å². The van der Waals surface area contributed by atoms with Gasteiger partial charge in [0.1, 0.15) is 11.5 Å². The number of aliphatic hydroxyl groups is 2. The maximum atomic E-state index is 12.0. The first-order valence-electron chi connectivity index (χ1n) is 7.65. The monoisotopic (exact) mass is 345 g/mol. The molecule has 0 spiro atoms. The number of amides is 1. The third-order valence-corrected chi connectivity index (χ3v) is 5.49. The summed E-state index contributed by atoms with van der Waals surface area (Å²) in [6.07, 6.45) is -1.37. The minimum absolute atomic E-state index is 0.157. The van der Waals surface area contributed by atoms with E-state index in [1.807, 2.05) is 60.7 Å². The molecule has 1 unspecified atom stereocenters. The predicted octanol–water partition coefficient (Wildman–Crippen LogP) is 2.45. The molecular weight excluding hydrogens is 326 g/mol. The Labute approximate surface area is 144 Å². The number of nitrogens with one attached hydrogen (secondary N) is 1. The highest BCUT2D eigenvalue weighted by molar-refractivity contribution is 8.08. The summed E-state index contributed by atoms with van der Waals surface area (Å²) in [6, 6.07) is 18.5. The topological polar surface area (TPSA) is 78.8 Å². The quantitative estimate of drug-likeness (QED) is 0.701. The second kappa shape index (κ2) is 7.25. The Hall–Kier alpha value is -2.02. The van der Waals surface area contributed by atoms with E-state index in [-0.39, 0.29) is 18.5 Å². The van der Waals surface area contributed by atoms with Gasteiger partial charge in [0.2, 0.25) is 0 Å². The maximum absolute atomic E-state index is 12.0. The van der Waals surface area contributed by atoms with E-state index >= 15 is 0 Å². The number of rotatable bonds is 6. The van der Waals surface area contributed by atoms with E-state index in [0.29, 0.717) is 0 Å². The fraction of sp³-hybridized carbons (Fsp3) is 0.278. The molecule has 1 amide bonds. The maximum Gasteiger partial charge on any atom is 0.408 e. The van der Waals surface area contributed by atoms with Crippen LogP contribution in [0.1, 0.15) is 17.2 Å². The number of hydrogen-bond acceptors (Lipinski definition) is 5. The summed E-state index contributed by atoms with van der Waals surface area (Å²) in [4.78, 5) is 11.1. The van der Waals surface area contributed by atoms with Gasteiger partial charge in [0.25, 0.3) is 0 Å². The lowest BCUT2D eigenvalue weighted by atomic mass is 10.0. The Morgan fingerprint density at radius 2 is 1.79 bits per heavy atom. The van der Waals surface area contributed by atoms with E-state index in [9.17, 15) is 15.0 Å². The summed E-state index contributed by atoms with van der Waals surface area (Å²) in [6.45, 7) is -0.114. The Bertz CT molecular complexity index is 682. The molecular formula is C18H19NO4S. The molecule has 1 fully saturated rings. The van der Waals surface area contributed by atoms with Crippen molar-refractivity contribution in [2.45, 2.75) is 22.8 Å². The first kappa shape index (κ1) is 16.8. The molecule has 0 bridgehead atoms.